The summed E-state index contributed by atoms with van der Waals surface area (Å²) in [5.74, 6) is 2.18. The predicted octanol–water partition coefficient (Wildman–Crippen LogP) is 2.67. The molecule has 0 radical (unpaired) electrons. The minimum atomic E-state index is -0.422. The van der Waals surface area contributed by atoms with E-state index in [1.54, 1.807) is 0 Å². The van der Waals surface area contributed by atoms with Gasteiger partial charge in [0.2, 0.25) is 11.8 Å². The lowest BCUT2D eigenvalue weighted by molar-refractivity contribution is -0.155. The topological polar surface area (TPSA) is 49.4 Å². The second-order valence-electron chi connectivity index (χ2n) is 6.81. The summed E-state index contributed by atoms with van der Waals surface area (Å²) in [7, 11) is 0. The molecule has 21 heavy (non-hydrogen) atoms. The molecule has 1 heterocycles. The fourth-order valence-corrected chi connectivity index (χ4v) is 3.56. The Hall–Kier alpha value is -0.710. The van der Waals surface area contributed by atoms with Crippen molar-refractivity contribution in [1.82, 2.24) is 10.2 Å². The number of carbonyl (C=O) groups excluding carboxylic acids is 2. The van der Waals surface area contributed by atoms with Crippen molar-refractivity contribution in [3.63, 3.8) is 0 Å². The van der Waals surface area contributed by atoms with Crippen LogP contribution in [0.3, 0.4) is 0 Å². The maximum absolute atomic E-state index is 12.9. The molecule has 0 spiro atoms. The van der Waals surface area contributed by atoms with E-state index in [1.807, 2.05) is 44.4 Å². The molecular formula is C16H30N2O2S. The molecule has 0 saturated carbocycles. The first kappa shape index (κ1) is 18.3. The summed E-state index contributed by atoms with van der Waals surface area (Å²) in [6, 6.07) is -0.635. The zero-order valence-corrected chi connectivity index (χ0v) is 15.0. The first-order valence-electron chi connectivity index (χ1n) is 7.94. The van der Waals surface area contributed by atoms with E-state index >= 15 is 0 Å². The second kappa shape index (κ2) is 7.52. The smallest absolute Gasteiger partial charge is 0.246 e. The van der Waals surface area contributed by atoms with Crippen molar-refractivity contribution < 1.29 is 9.59 Å². The van der Waals surface area contributed by atoms with E-state index < -0.39 is 6.04 Å². The van der Waals surface area contributed by atoms with E-state index in [0.717, 1.165) is 17.9 Å². The molecule has 3 unspecified atom stereocenters. The third-order valence-electron chi connectivity index (χ3n) is 4.04. The standard InChI is InChI=1S/C16H30N2O2S/c1-7-12-14(19)17-13(16(4,5)6)15(20)18(12)11(3)9-10-21-8-2/h11-13H,7-10H2,1-6H3,(H,17,19). The van der Waals surface area contributed by atoms with Gasteiger partial charge in [-0.1, -0.05) is 34.6 Å². The van der Waals surface area contributed by atoms with Crippen LogP contribution in [0.15, 0.2) is 0 Å². The van der Waals surface area contributed by atoms with E-state index in [2.05, 4.69) is 19.2 Å². The minimum absolute atomic E-state index is 0.00739. The van der Waals surface area contributed by atoms with Crippen molar-refractivity contribution in [1.29, 1.82) is 0 Å². The second-order valence-corrected chi connectivity index (χ2v) is 8.21. The van der Waals surface area contributed by atoms with Gasteiger partial charge in [0.1, 0.15) is 12.1 Å². The van der Waals surface area contributed by atoms with Gasteiger partial charge in [0.25, 0.3) is 0 Å². The van der Waals surface area contributed by atoms with Crippen molar-refractivity contribution in [2.24, 2.45) is 5.41 Å². The summed E-state index contributed by atoms with van der Waals surface area (Å²) in [6.07, 6.45) is 1.60. The predicted molar refractivity (Wildman–Crippen MR) is 89.4 cm³/mol. The number of carbonyl (C=O) groups is 2. The first-order valence-corrected chi connectivity index (χ1v) is 9.09. The number of nitrogens with one attached hydrogen (secondary N) is 1. The molecule has 4 nitrogen and oxygen atoms in total. The van der Waals surface area contributed by atoms with Gasteiger partial charge in [-0.2, -0.15) is 11.8 Å². The Balaban J connectivity index is 2.93. The summed E-state index contributed by atoms with van der Waals surface area (Å²) in [6.45, 7) is 12.2. The van der Waals surface area contributed by atoms with Crippen molar-refractivity contribution in [2.45, 2.75) is 72.5 Å². The first-order chi connectivity index (χ1) is 9.73. The van der Waals surface area contributed by atoms with Crippen molar-refractivity contribution in [2.75, 3.05) is 11.5 Å². The summed E-state index contributed by atoms with van der Waals surface area (Å²) >= 11 is 1.88. The molecular weight excluding hydrogens is 284 g/mol. The van der Waals surface area contributed by atoms with Gasteiger partial charge in [0.05, 0.1) is 0 Å². The van der Waals surface area contributed by atoms with E-state index in [1.165, 1.54) is 0 Å². The normalized spacial score (nSPS) is 25.0. The fourth-order valence-electron chi connectivity index (χ4n) is 2.76. The molecule has 1 fully saturated rings. The molecule has 1 saturated heterocycles. The SMILES string of the molecule is CCSCCC(C)N1C(=O)C(C(C)(C)C)NC(=O)C1CC. The van der Waals surface area contributed by atoms with Gasteiger partial charge >= 0.3 is 0 Å². The Kier molecular flexibility index (Phi) is 6.57. The highest BCUT2D eigenvalue weighted by atomic mass is 32.2. The van der Waals surface area contributed by atoms with Crippen molar-refractivity contribution in [3.8, 4) is 0 Å². The molecule has 122 valence electrons. The highest BCUT2D eigenvalue weighted by molar-refractivity contribution is 7.99. The molecule has 0 aromatic rings. The maximum Gasteiger partial charge on any atom is 0.246 e. The quantitative estimate of drug-likeness (QED) is 0.767. The average Bonchev–Trinajstić information content (AvgIpc) is 2.39. The zero-order valence-electron chi connectivity index (χ0n) is 14.2. The third-order valence-corrected chi connectivity index (χ3v) is 4.97. The summed E-state index contributed by atoms with van der Waals surface area (Å²) in [4.78, 5) is 27.1. The van der Waals surface area contributed by atoms with Crippen LogP contribution in [0.2, 0.25) is 0 Å². The number of rotatable bonds is 6. The van der Waals surface area contributed by atoms with Crippen LogP contribution in [-0.2, 0) is 9.59 Å². The Bertz CT molecular complexity index is 379. The largest absolute Gasteiger partial charge is 0.342 e. The Morgan fingerprint density at radius 1 is 1.29 bits per heavy atom. The zero-order chi connectivity index (χ0) is 16.2. The van der Waals surface area contributed by atoms with Gasteiger partial charge in [-0.3, -0.25) is 9.59 Å². The molecule has 0 aromatic heterocycles. The molecule has 2 amide bonds. The molecule has 1 aliphatic rings. The fraction of sp³-hybridized carbons (Fsp3) is 0.875. The Morgan fingerprint density at radius 3 is 2.38 bits per heavy atom. The summed E-state index contributed by atoms with van der Waals surface area (Å²) in [5.41, 5.74) is -0.262. The van der Waals surface area contributed by atoms with Gasteiger partial charge in [0.15, 0.2) is 0 Å². The number of hydrogen-bond acceptors (Lipinski definition) is 3. The molecule has 3 atom stereocenters. The number of piperazine rings is 1. The molecule has 5 heteroatoms. The van der Waals surface area contributed by atoms with Gasteiger partial charge in [-0.25, -0.2) is 0 Å². The van der Waals surface area contributed by atoms with E-state index in [9.17, 15) is 9.59 Å². The maximum atomic E-state index is 12.9. The van der Waals surface area contributed by atoms with Crippen molar-refractivity contribution in [3.05, 3.63) is 0 Å². The molecule has 0 bridgehead atoms. The van der Waals surface area contributed by atoms with E-state index in [4.69, 9.17) is 0 Å². The molecule has 0 aromatic carbocycles. The van der Waals surface area contributed by atoms with Crippen LogP contribution in [0.5, 0.6) is 0 Å². The van der Waals surface area contributed by atoms with Crippen LogP contribution in [0.25, 0.3) is 0 Å². The van der Waals surface area contributed by atoms with E-state index in [-0.39, 0.29) is 29.3 Å². The molecule has 1 aliphatic heterocycles. The van der Waals surface area contributed by atoms with Crippen molar-refractivity contribution >= 4 is 23.6 Å². The Labute approximate surface area is 133 Å². The number of thioether (sulfide) groups is 1. The lowest BCUT2D eigenvalue weighted by Gasteiger charge is -2.45. The number of amides is 2. The lowest BCUT2D eigenvalue weighted by atomic mass is 9.83. The van der Waals surface area contributed by atoms with Gasteiger partial charge < -0.3 is 10.2 Å². The summed E-state index contributed by atoms with van der Waals surface area (Å²) in [5, 5.41) is 2.92. The van der Waals surface area contributed by atoms with Crippen LogP contribution in [-0.4, -0.2) is 46.3 Å². The number of nitrogens with zero attached hydrogens (tertiary/aromatic N) is 1. The van der Waals surface area contributed by atoms with E-state index in [0.29, 0.717) is 6.42 Å². The highest BCUT2D eigenvalue weighted by Gasteiger charge is 2.45. The minimum Gasteiger partial charge on any atom is -0.342 e. The lowest BCUT2D eigenvalue weighted by Crippen LogP contribution is -2.68. The third kappa shape index (κ3) is 4.38. The highest BCUT2D eigenvalue weighted by Crippen LogP contribution is 2.28. The number of hydrogen-bond donors (Lipinski definition) is 1. The van der Waals surface area contributed by atoms with Gasteiger partial charge in [-0.15, -0.1) is 0 Å². The average molecular weight is 314 g/mol. The molecule has 1 N–H and O–H groups in total. The van der Waals surface area contributed by atoms with Crippen LogP contribution < -0.4 is 5.32 Å². The van der Waals surface area contributed by atoms with Crippen LogP contribution >= 0.6 is 11.8 Å². The van der Waals surface area contributed by atoms with Crippen LogP contribution in [0, 0.1) is 5.41 Å². The summed E-state index contributed by atoms with van der Waals surface area (Å²) < 4.78 is 0. The van der Waals surface area contributed by atoms with Crippen LogP contribution in [0.4, 0.5) is 0 Å². The monoisotopic (exact) mass is 314 g/mol. The van der Waals surface area contributed by atoms with Gasteiger partial charge in [0, 0.05) is 6.04 Å². The molecule has 1 rings (SSSR count). The molecule has 0 aliphatic carbocycles. The van der Waals surface area contributed by atoms with Gasteiger partial charge in [-0.05, 0) is 36.7 Å². The van der Waals surface area contributed by atoms with Crippen LogP contribution in [0.1, 0.15) is 54.4 Å². The Morgan fingerprint density at radius 2 is 1.90 bits per heavy atom.